The van der Waals surface area contributed by atoms with Crippen LogP contribution in [0.25, 0.3) is 0 Å². The molecule has 3 rings (SSSR count). The minimum absolute atomic E-state index is 0.186. The lowest BCUT2D eigenvalue weighted by atomic mass is 9.53. The summed E-state index contributed by atoms with van der Waals surface area (Å²) in [7, 11) is -1.83. The number of carbonyl (C=O) groups excluding carboxylic acids is 1. The van der Waals surface area contributed by atoms with Crippen molar-refractivity contribution in [3.63, 3.8) is 0 Å². The van der Waals surface area contributed by atoms with Crippen LogP contribution in [-0.2, 0) is 9.22 Å². The first-order valence-corrected chi connectivity index (χ1v) is 13.4. The number of Topliss-reactive ketones (excluding diaryl/α,β-unsaturated/α-hetero) is 1. The SMILES string of the molecule is CC(C)(/C=C1\[C@H]2CCS[C@]23CCCC(=O)[C@H]13)O[Si](C)(C)C(C)(C)C. The average molecular weight is 367 g/mol. The summed E-state index contributed by atoms with van der Waals surface area (Å²) in [5.41, 5.74) is 1.13. The van der Waals surface area contributed by atoms with Gasteiger partial charge >= 0.3 is 0 Å². The van der Waals surface area contributed by atoms with E-state index in [4.69, 9.17) is 4.43 Å². The second kappa shape index (κ2) is 5.72. The maximum Gasteiger partial charge on any atom is 0.193 e. The molecule has 0 bridgehead atoms. The number of thioether (sulfide) groups is 1. The molecular weight excluding hydrogens is 332 g/mol. The Morgan fingerprint density at radius 1 is 1.25 bits per heavy atom. The van der Waals surface area contributed by atoms with Crippen molar-refractivity contribution in [1.29, 1.82) is 0 Å². The summed E-state index contributed by atoms with van der Waals surface area (Å²) in [6.07, 6.45) is 6.70. The summed E-state index contributed by atoms with van der Waals surface area (Å²) in [4.78, 5) is 12.6. The van der Waals surface area contributed by atoms with E-state index >= 15 is 0 Å². The number of allylic oxidation sites excluding steroid dienone is 1. The standard InChI is InChI=1S/C20H34O2SSi/c1-18(2,3)24(6,7)22-19(4,5)13-14-15-10-12-23-20(15)11-8-9-16(21)17(14)20/h13,15,17H,8-12H2,1-7H3/b14-13+/t15-,17+,20-/m1/s1. The van der Waals surface area contributed by atoms with Gasteiger partial charge in [-0.2, -0.15) is 11.8 Å². The first kappa shape index (κ1) is 18.7. The van der Waals surface area contributed by atoms with Crippen LogP contribution in [0.15, 0.2) is 11.6 Å². The van der Waals surface area contributed by atoms with Crippen LogP contribution in [0.4, 0.5) is 0 Å². The number of ketones is 1. The zero-order valence-electron chi connectivity index (χ0n) is 16.5. The van der Waals surface area contributed by atoms with E-state index in [1.165, 1.54) is 24.2 Å². The zero-order valence-corrected chi connectivity index (χ0v) is 18.3. The van der Waals surface area contributed by atoms with Crippen LogP contribution < -0.4 is 0 Å². The predicted octanol–water partition coefficient (Wildman–Crippen LogP) is 5.59. The molecule has 2 saturated carbocycles. The molecule has 4 heteroatoms. The summed E-state index contributed by atoms with van der Waals surface area (Å²) >= 11 is 2.08. The topological polar surface area (TPSA) is 26.3 Å². The first-order valence-electron chi connectivity index (χ1n) is 9.49. The Bertz CT molecular complexity index is 573. The summed E-state index contributed by atoms with van der Waals surface area (Å²) in [5, 5.41) is 0.204. The third kappa shape index (κ3) is 2.86. The molecule has 24 heavy (non-hydrogen) atoms. The van der Waals surface area contributed by atoms with Gasteiger partial charge in [0.1, 0.15) is 5.78 Å². The molecule has 1 aliphatic heterocycles. The molecular formula is C20H34O2SSi. The Labute approximate surface area is 153 Å². The fourth-order valence-electron chi connectivity index (χ4n) is 4.79. The van der Waals surface area contributed by atoms with E-state index in [2.05, 4.69) is 65.6 Å². The summed E-state index contributed by atoms with van der Waals surface area (Å²) < 4.78 is 6.96. The van der Waals surface area contributed by atoms with Crippen molar-refractivity contribution in [3.8, 4) is 0 Å². The summed E-state index contributed by atoms with van der Waals surface area (Å²) in [6.45, 7) is 15.9. The third-order valence-corrected chi connectivity index (χ3v) is 13.1. The van der Waals surface area contributed by atoms with Crippen LogP contribution in [0.3, 0.4) is 0 Å². The number of hydrogen-bond acceptors (Lipinski definition) is 3. The van der Waals surface area contributed by atoms with Crippen molar-refractivity contribution in [2.75, 3.05) is 5.75 Å². The van der Waals surface area contributed by atoms with Crippen molar-refractivity contribution in [3.05, 3.63) is 11.6 Å². The maximum atomic E-state index is 12.6. The number of carbonyl (C=O) groups is 1. The van der Waals surface area contributed by atoms with E-state index in [0.717, 1.165) is 12.8 Å². The lowest BCUT2D eigenvalue weighted by Crippen LogP contribution is -2.58. The lowest BCUT2D eigenvalue weighted by Gasteiger charge is -2.56. The largest absolute Gasteiger partial charge is 0.409 e. The van der Waals surface area contributed by atoms with E-state index < -0.39 is 8.32 Å². The molecule has 3 fully saturated rings. The van der Waals surface area contributed by atoms with E-state index in [1.807, 2.05) is 0 Å². The van der Waals surface area contributed by atoms with Gasteiger partial charge in [-0.05, 0) is 62.9 Å². The maximum absolute atomic E-state index is 12.6. The van der Waals surface area contributed by atoms with E-state index in [-0.39, 0.29) is 21.3 Å². The van der Waals surface area contributed by atoms with Gasteiger partial charge in [0.05, 0.1) is 11.5 Å². The Morgan fingerprint density at radius 2 is 1.92 bits per heavy atom. The van der Waals surface area contributed by atoms with Crippen molar-refractivity contribution >= 4 is 25.9 Å². The molecule has 0 aromatic rings. The van der Waals surface area contributed by atoms with Gasteiger partial charge in [-0.25, -0.2) is 0 Å². The highest BCUT2D eigenvalue weighted by Crippen LogP contribution is 2.67. The van der Waals surface area contributed by atoms with Gasteiger partial charge in [-0.15, -0.1) is 0 Å². The Hall–Kier alpha value is -0.0631. The van der Waals surface area contributed by atoms with Gasteiger partial charge in [0.25, 0.3) is 0 Å². The monoisotopic (exact) mass is 366 g/mol. The number of rotatable bonds is 3. The third-order valence-electron chi connectivity index (χ3n) is 6.74. The van der Waals surface area contributed by atoms with Gasteiger partial charge in [-0.1, -0.05) is 32.4 Å². The second-order valence-corrected chi connectivity index (χ2v) is 16.2. The average Bonchev–Trinajstić information content (AvgIpc) is 2.71. The molecule has 0 unspecified atom stereocenters. The molecule has 136 valence electrons. The summed E-state index contributed by atoms with van der Waals surface area (Å²) in [5.74, 6) is 2.52. The van der Waals surface area contributed by atoms with E-state index in [9.17, 15) is 4.79 Å². The Kier molecular flexibility index (Phi) is 4.46. The van der Waals surface area contributed by atoms with Crippen LogP contribution in [0.2, 0.25) is 18.1 Å². The molecule has 1 spiro atoms. The normalized spacial score (nSPS) is 35.6. The fourth-order valence-corrected chi connectivity index (χ4v) is 8.38. The molecule has 3 atom stereocenters. The highest BCUT2D eigenvalue weighted by atomic mass is 32.2. The smallest absolute Gasteiger partial charge is 0.193 e. The van der Waals surface area contributed by atoms with Gasteiger partial charge in [0.2, 0.25) is 0 Å². The zero-order chi connectivity index (χ0) is 18.0. The van der Waals surface area contributed by atoms with Gasteiger partial charge < -0.3 is 4.43 Å². The van der Waals surface area contributed by atoms with Crippen LogP contribution in [0.5, 0.6) is 0 Å². The molecule has 2 nitrogen and oxygen atoms in total. The molecule has 0 aromatic heterocycles. The van der Waals surface area contributed by atoms with Crippen molar-refractivity contribution in [2.24, 2.45) is 11.8 Å². The Morgan fingerprint density at radius 3 is 2.54 bits per heavy atom. The minimum atomic E-state index is -1.83. The van der Waals surface area contributed by atoms with E-state index in [1.54, 1.807) is 0 Å². The molecule has 1 heterocycles. The minimum Gasteiger partial charge on any atom is -0.409 e. The highest BCUT2D eigenvalue weighted by Gasteiger charge is 2.64. The fraction of sp³-hybridized carbons (Fsp3) is 0.850. The van der Waals surface area contributed by atoms with Crippen molar-refractivity contribution in [1.82, 2.24) is 0 Å². The van der Waals surface area contributed by atoms with Crippen molar-refractivity contribution < 1.29 is 9.22 Å². The van der Waals surface area contributed by atoms with Crippen LogP contribution in [0, 0.1) is 11.8 Å². The van der Waals surface area contributed by atoms with Gasteiger partial charge in [-0.3, -0.25) is 4.79 Å². The molecule has 0 N–H and O–H groups in total. The lowest BCUT2D eigenvalue weighted by molar-refractivity contribution is -0.127. The van der Waals surface area contributed by atoms with Crippen LogP contribution >= 0.6 is 11.8 Å². The summed E-state index contributed by atoms with van der Waals surface area (Å²) in [6, 6.07) is 0. The van der Waals surface area contributed by atoms with Crippen LogP contribution in [-0.4, -0.2) is 30.2 Å². The quantitative estimate of drug-likeness (QED) is 0.481. The Balaban J connectivity index is 1.86. The second-order valence-electron chi connectivity index (χ2n) is 10.0. The number of hydrogen-bond donors (Lipinski definition) is 0. The van der Waals surface area contributed by atoms with Crippen LogP contribution in [0.1, 0.15) is 60.3 Å². The molecule has 0 radical (unpaired) electrons. The molecule has 3 aliphatic rings. The predicted molar refractivity (Wildman–Crippen MR) is 106 cm³/mol. The molecule has 0 amide bonds. The van der Waals surface area contributed by atoms with Gasteiger partial charge in [0.15, 0.2) is 8.32 Å². The van der Waals surface area contributed by atoms with E-state index in [0.29, 0.717) is 11.7 Å². The molecule has 2 aliphatic carbocycles. The molecule has 1 saturated heterocycles. The molecule has 0 aromatic carbocycles. The highest BCUT2D eigenvalue weighted by molar-refractivity contribution is 8.01. The van der Waals surface area contributed by atoms with Crippen molar-refractivity contribution in [2.45, 2.75) is 88.8 Å². The first-order chi connectivity index (χ1) is 10.9. The van der Waals surface area contributed by atoms with Gasteiger partial charge in [0, 0.05) is 11.2 Å².